The van der Waals surface area contributed by atoms with E-state index in [-0.39, 0.29) is 0 Å². The molecule has 0 aliphatic carbocycles. The molecule has 1 aromatic rings. The lowest BCUT2D eigenvalue weighted by Gasteiger charge is -2.17. The number of benzene rings is 1. The maximum atomic E-state index is 5.33. The van der Waals surface area contributed by atoms with E-state index in [1.54, 1.807) is 7.11 Å². The Labute approximate surface area is 128 Å². The highest BCUT2D eigenvalue weighted by molar-refractivity contribution is 7.80. The van der Waals surface area contributed by atoms with Crippen molar-refractivity contribution < 1.29 is 4.74 Å². The third-order valence-electron chi connectivity index (χ3n) is 3.20. The van der Waals surface area contributed by atoms with E-state index in [1.807, 2.05) is 24.3 Å². The van der Waals surface area contributed by atoms with Crippen molar-refractivity contribution in [1.29, 1.82) is 0 Å². The van der Waals surface area contributed by atoms with Crippen LogP contribution >= 0.6 is 12.2 Å². The van der Waals surface area contributed by atoms with E-state index in [0.29, 0.717) is 11.2 Å². The van der Waals surface area contributed by atoms with Gasteiger partial charge in [-0.25, -0.2) is 0 Å². The first-order chi connectivity index (χ1) is 9.65. The van der Waals surface area contributed by atoms with Crippen LogP contribution in [0.15, 0.2) is 24.3 Å². The van der Waals surface area contributed by atoms with Crippen molar-refractivity contribution in [3.8, 4) is 5.75 Å². The van der Waals surface area contributed by atoms with Gasteiger partial charge in [-0.05, 0) is 37.7 Å². The average molecular weight is 294 g/mol. The fourth-order valence-electron chi connectivity index (χ4n) is 2.04. The van der Waals surface area contributed by atoms with Crippen LogP contribution in [0.1, 0.15) is 46.0 Å². The van der Waals surface area contributed by atoms with Crippen molar-refractivity contribution in [3.63, 3.8) is 0 Å². The molecular formula is C16H26N2OS. The lowest BCUT2D eigenvalue weighted by Crippen LogP contribution is -2.35. The predicted octanol–water partition coefficient (Wildman–Crippen LogP) is 4.34. The second-order valence-corrected chi connectivity index (χ2v) is 5.49. The molecule has 0 saturated carbocycles. The Hall–Kier alpha value is -1.29. The molecule has 4 heteroatoms. The molecule has 1 atom stereocenters. The van der Waals surface area contributed by atoms with Gasteiger partial charge in [0.05, 0.1) is 7.11 Å². The zero-order valence-electron chi connectivity index (χ0n) is 12.7. The van der Waals surface area contributed by atoms with Gasteiger partial charge >= 0.3 is 0 Å². The topological polar surface area (TPSA) is 33.3 Å². The molecule has 0 unspecified atom stereocenters. The van der Waals surface area contributed by atoms with Crippen LogP contribution < -0.4 is 15.4 Å². The smallest absolute Gasteiger partial charge is 0.170 e. The molecule has 0 bridgehead atoms. The van der Waals surface area contributed by atoms with Crippen LogP contribution in [0.25, 0.3) is 0 Å². The zero-order valence-corrected chi connectivity index (χ0v) is 13.6. The van der Waals surface area contributed by atoms with Crippen molar-refractivity contribution in [1.82, 2.24) is 5.32 Å². The molecule has 0 aliphatic rings. The molecule has 0 fully saturated rings. The van der Waals surface area contributed by atoms with Gasteiger partial charge in [-0.1, -0.05) is 38.7 Å². The number of nitrogens with one attached hydrogen (secondary N) is 2. The molecule has 0 radical (unpaired) electrons. The number of anilines is 1. The molecule has 0 heterocycles. The molecule has 2 N–H and O–H groups in total. The molecule has 3 nitrogen and oxygen atoms in total. The molecule has 20 heavy (non-hydrogen) atoms. The van der Waals surface area contributed by atoms with Crippen molar-refractivity contribution in [3.05, 3.63) is 24.3 Å². The Morgan fingerprint density at radius 1 is 1.30 bits per heavy atom. The van der Waals surface area contributed by atoms with Crippen LogP contribution in [-0.4, -0.2) is 18.3 Å². The summed E-state index contributed by atoms with van der Waals surface area (Å²) < 4.78 is 5.19. The second kappa shape index (κ2) is 9.59. The molecular weight excluding hydrogens is 268 g/mol. The third-order valence-corrected chi connectivity index (χ3v) is 3.42. The first-order valence-electron chi connectivity index (χ1n) is 7.37. The van der Waals surface area contributed by atoms with Gasteiger partial charge in [-0.3, -0.25) is 0 Å². The predicted molar refractivity (Wildman–Crippen MR) is 90.6 cm³/mol. The van der Waals surface area contributed by atoms with E-state index >= 15 is 0 Å². The summed E-state index contributed by atoms with van der Waals surface area (Å²) in [6.45, 7) is 4.40. The zero-order chi connectivity index (χ0) is 14.8. The molecule has 0 aliphatic heterocycles. The first-order valence-corrected chi connectivity index (χ1v) is 7.78. The number of ether oxygens (including phenoxy) is 1. The normalized spacial score (nSPS) is 11.8. The van der Waals surface area contributed by atoms with Crippen molar-refractivity contribution in [2.45, 2.75) is 52.0 Å². The highest BCUT2D eigenvalue weighted by Gasteiger charge is 2.04. The highest BCUT2D eigenvalue weighted by atomic mass is 32.1. The van der Waals surface area contributed by atoms with Crippen LogP contribution in [0.4, 0.5) is 5.69 Å². The lowest BCUT2D eigenvalue weighted by molar-refractivity contribution is 0.415. The second-order valence-electron chi connectivity index (χ2n) is 5.08. The monoisotopic (exact) mass is 294 g/mol. The maximum absolute atomic E-state index is 5.33. The van der Waals surface area contributed by atoms with E-state index in [1.165, 1.54) is 25.7 Å². The van der Waals surface area contributed by atoms with Crippen LogP contribution in [0, 0.1) is 0 Å². The van der Waals surface area contributed by atoms with E-state index in [9.17, 15) is 0 Å². The summed E-state index contributed by atoms with van der Waals surface area (Å²) in [5.41, 5.74) is 0.944. The molecule has 0 amide bonds. The minimum absolute atomic E-state index is 0.400. The number of hydrogen-bond donors (Lipinski definition) is 2. The summed E-state index contributed by atoms with van der Waals surface area (Å²) in [5, 5.41) is 7.18. The van der Waals surface area contributed by atoms with Crippen molar-refractivity contribution >= 4 is 23.0 Å². The number of methoxy groups -OCH3 is 1. The van der Waals surface area contributed by atoms with E-state index in [2.05, 4.69) is 24.5 Å². The Balaban J connectivity index is 2.31. The summed E-state index contributed by atoms with van der Waals surface area (Å²) in [4.78, 5) is 0. The van der Waals surface area contributed by atoms with Gasteiger partial charge in [-0.15, -0.1) is 0 Å². The third kappa shape index (κ3) is 6.75. The number of hydrogen-bond acceptors (Lipinski definition) is 2. The molecule has 0 saturated heterocycles. The highest BCUT2D eigenvalue weighted by Crippen LogP contribution is 2.16. The maximum Gasteiger partial charge on any atom is 0.170 e. The molecule has 112 valence electrons. The van der Waals surface area contributed by atoms with Crippen LogP contribution in [0.5, 0.6) is 5.75 Å². The van der Waals surface area contributed by atoms with Crippen LogP contribution in [0.3, 0.4) is 0 Å². The number of thiocarbonyl (C=S) groups is 1. The van der Waals surface area contributed by atoms with E-state index in [0.717, 1.165) is 17.9 Å². The fourth-order valence-corrected chi connectivity index (χ4v) is 2.36. The summed E-state index contributed by atoms with van der Waals surface area (Å²) in [7, 11) is 1.66. The fraction of sp³-hybridized carbons (Fsp3) is 0.562. The summed E-state index contributed by atoms with van der Waals surface area (Å²) in [6.07, 6.45) is 6.30. The first kappa shape index (κ1) is 16.8. The summed E-state index contributed by atoms with van der Waals surface area (Å²) in [5.74, 6) is 0.824. The number of unbranched alkanes of at least 4 members (excludes halogenated alkanes) is 3. The Morgan fingerprint density at radius 2 is 2.10 bits per heavy atom. The number of rotatable bonds is 8. The van der Waals surface area contributed by atoms with Gasteiger partial charge in [0.25, 0.3) is 0 Å². The molecule has 0 spiro atoms. The van der Waals surface area contributed by atoms with Gasteiger partial charge in [0.1, 0.15) is 5.75 Å². The minimum atomic E-state index is 0.400. The quantitative estimate of drug-likeness (QED) is 0.552. The van der Waals surface area contributed by atoms with Gasteiger partial charge in [0.2, 0.25) is 0 Å². The van der Waals surface area contributed by atoms with Crippen molar-refractivity contribution in [2.75, 3.05) is 12.4 Å². The molecule has 1 rings (SSSR count). The largest absolute Gasteiger partial charge is 0.497 e. The standard InChI is InChI=1S/C16H26N2OS/c1-4-5-6-7-9-13(2)17-16(20)18-14-10-8-11-15(12-14)19-3/h8,10-13H,4-7,9H2,1-3H3,(H2,17,18,20)/t13-/m1/s1. The Bertz CT molecular complexity index is 409. The Morgan fingerprint density at radius 3 is 2.80 bits per heavy atom. The average Bonchev–Trinajstić information content (AvgIpc) is 2.43. The van der Waals surface area contributed by atoms with E-state index in [4.69, 9.17) is 17.0 Å². The van der Waals surface area contributed by atoms with Gasteiger partial charge < -0.3 is 15.4 Å². The summed E-state index contributed by atoms with van der Waals surface area (Å²) in [6, 6.07) is 8.16. The van der Waals surface area contributed by atoms with Gasteiger partial charge in [0.15, 0.2) is 5.11 Å². The molecule has 0 aromatic heterocycles. The Kier molecular flexibility index (Phi) is 8.04. The SMILES string of the molecule is CCCCCC[C@@H](C)NC(=S)Nc1cccc(OC)c1. The lowest BCUT2D eigenvalue weighted by atomic mass is 10.1. The molecule has 1 aromatic carbocycles. The van der Waals surface area contributed by atoms with Gasteiger partial charge in [0, 0.05) is 17.8 Å². The van der Waals surface area contributed by atoms with Crippen LogP contribution in [0.2, 0.25) is 0 Å². The minimum Gasteiger partial charge on any atom is -0.497 e. The van der Waals surface area contributed by atoms with Crippen LogP contribution in [-0.2, 0) is 0 Å². The van der Waals surface area contributed by atoms with Gasteiger partial charge in [-0.2, -0.15) is 0 Å². The van der Waals surface area contributed by atoms with E-state index < -0.39 is 0 Å². The summed E-state index contributed by atoms with van der Waals surface area (Å²) >= 11 is 5.33. The van der Waals surface area contributed by atoms with Crippen molar-refractivity contribution in [2.24, 2.45) is 0 Å².